The first-order valence-electron chi connectivity index (χ1n) is 11.1. The summed E-state index contributed by atoms with van der Waals surface area (Å²) >= 11 is 1.31. The maximum absolute atomic E-state index is 13.5. The van der Waals surface area contributed by atoms with Gasteiger partial charge in [-0.15, -0.1) is 11.3 Å². The highest BCUT2D eigenvalue weighted by Crippen LogP contribution is 2.35. The van der Waals surface area contributed by atoms with Crippen LogP contribution in [0.2, 0.25) is 0 Å². The number of anilines is 1. The predicted molar refractivity (Wildman–Crippen MR) is 130 cm³/mol. The summed E-state index contributed by atoms with van der Waals surface area (Å²) in [6.45, 7) is 6.15. The second-order valence-electron chi connectivity index (χ2n) is 8.53. The fraction of sp³-hybridized carbons (Fsp3) is 0.435. The Hall–Kier alpha value is -2.76. The third kappa shape index (κ3) is 4.86. The number of rotatable bonds is 7. The molecule has 1 fully saturated rings. The minimum Gasteiger partial charge on any atom is -0.495 e. The van der Waals surface area contributed by atoms with Crippen LogP contribution in [0.4, 0.5) is 5.69 Å². The van der Waals surface area contributed by atoms with Crippen LogP contribution in [0.15, 0.2) is 39.8 Å². The molecule has 1 saturated heterocycles. The highest BCUT2D eigenvalue weighted by Gasteiger charge is 2.35. The van der Waals surface area contributed by atoms with Crippen LogP contribution >= 0.6 is 11.3 Å². The summed E-state index contributed by atoms with van der Waals surface area (Å²) in [7, 11) is -2.25. The zero-order chi connectivity index (χ0) is 24.5. The fourth-order valence-corrected chi connectivity index (χ4v) is 6.91. The number of nitrogens with zero attached hydrogens (tertiary/aromatic N) is 3. The molecule has 0 spiro atoms. The summed E-state index contributed by atoms with van der Waals surface area (Å²) in [5, 5.41) is 6.88. The Morgan fingerprint density at radius 2 is 2.09 bits per heavy atom. The van der Waals surface area contributed by atoms with E-state index in [0.29, 0.717) is 52.3 Å². The van der Waals surface area contributed by atoms with Crippen molar-refractivity contribution in [2.45, 2.75) is 44.4 Å². The lowest BCUT2D eigenvalue weighted by Gasteiger charge is -2.31. The number of benzene rings is 1. The number of hydrogen-bond donors (Lipinski definition) is 1. The number of sulfonamides is 1. The molecule has 3 heterocycles. The van der Waals surface area contributed by atoms with Gasteiger partial charge in [0.1, 0.15) is 5.75 Å². The summed E-state index contributed by atoms with van der Waals surface area (Å²) < 4.78 is 39.0. The highest BCUT2D eigenvalue weighted by atomic mass is 32.2. The van der Waals surface area contributed by atoms with Crippen LogP contribution in [0.5, 0.6) is 5.75 Å². The molecule has 2 aromatic heterocycles. The summed E-state index contributed by atoms with van der Waals surface area (Å²) in [6, 6.07) is 8.74. The molecular formula is C23H28N4O5S2. The molecule has 11 heteroatoms. The number of piperidine rings is 1. The Kier molecular flexibility index (Phi) is 7.06. The number of aryl methyl sites for hydroxylation is 1. The zero-order valence-corrected chi connectivity index (χ0v) is 21.2. The minimum absolute atomic E-state index is 0.0813. The molecule has 34 heavy (non-hydrogen) atoms. The van der Waals surface area contributed by atoms with Gasteiger partial charge in [-0.3, -0.25) is 4.79 Å². The van der Waals surface area contributed by atoms with E-state index in [0.717, 1.165) is 0 Å². The second-order valence-corrected chi connectivity index (χ2v) is 11.7. The van der Waals surface area contributed by atoms with Gasteiger partial charge in [0.05, 0.1) is 28.5 Å². The number of para-hydroxylation sites is 2. The lowest BCUT2D eigenvalue weighted by Crippen LogP contribution is -2.43. The van der Waals surface area contributed by atoms with E-state index >= 15 is 0 Å². The van der Waals surface area contributed by atoms with E-state index in [-0.39, 0.29) is 23.3 Å². The van der Waals surface area contributed by atoms with Crippen molar-refractivity contribution < 1.29 is 22.5 Å². The Morgan fingerprint density at radius 3 is 2.79 bits per heavy atom. The first kappa shape index (κ1) is 24.4. The number of nitrogens with one attached hydrogen (secondary N) is 1. The van der Waals surface area contributed by atoms with Crippen molar-refractivity contribution in [3.8, 4) is 16.5 Å². The molecule has 3 aromatic rings. The quantitative estimate of drug-likeness (QED) is 0.511. The van der Waals surface area contributed by atoms with Gasteiger partial charge in [-0.1, -0.05) is 31.1 Å². The Balaban J connectivity index is 1.52. The van der Waals surface area contributed by atoms with Crippen molar-refractivity contribution >= 4 is 33.0 Å². The summed E-state index contributed by atoms with van der Waals surface area (Å²) in [6.07, 6.45) is 1.21. The van der Waals surface area contributed by atoms with Crippen LogP contribution in [0.3, 0.4) is 0 Å². The molecular weight excluding hydrogens is 476 g/mol. The SMILES string of the molecule is COc1ccccc1NC(=O)[C@@H]1CCCN(S(=O)(=O)c2cc(-c3noc(C(C)C)n3)sc2C)C1. The first-order valence-corrected chi connectivity index (χ1v) is 13.3. The Bertz CT molecular complexity index is 1280. The summed E-state index contributed by atoms with van der Waals surface area (Å²) in [4.78, 5) is 18.8. The van der Waals surface area contributed by atoms with Gasteiger partial charge in [-0.2, -0.15) is 9.29 Å². The van der Waals surface area contributed by atoms with Crippen molar-refractivity contribution in [1.82, 2.24) is 14.4 Å². The van der Waals surface area contributed by atoms with Crippen LogP contribution in [-0.4, -0.2) is 49.0 Å². The maximum Gasteiger partial charge on any atom is 0.244 e. The average molecular weight is 505 g/mol. The minimum atomic E-state index is -3.79. The van der Waals surface area contributed by atoms with Gasteiger partial charge in [-0.25, -0.2) is 8.42 Å². The molecule has 1 amide bonds. The Labute approximate surface area is 203 Å². The predicted octanol–water partition coefficient (Wildman–Crippen LogP) is 4.28. The van der Waals surface area contributed by atoms with Gasteiger partial charge in [0.15, 0.2) is 0 Å². The van der Waals surface area contributed by atoms with Gasteiger partial charge < -0.3 is 14.6 Å². The number of methoxy groups -OCH3 is 1. The lowest BCUT2D eigenvalue weighted by atomic mass is 9.98. The van der Waals surface area contributed by atoms with Crippen LogP contribution < -0.4 is 10.1 Å². The fourth-order valence-electron chi connectivity index (χ4n) is 3.90. The van der Waals surface area contributed by atoms with Gasteiger partial charge in [-0.05, 0) is 38.0 Å². The van der Waals surface area contributed by atoms with Crippen molar-refractivity contribution in [2.24, 2.45) is 5.92 Å². The van der Waals surface area contributed by atoms with Crippen molar-refractivity contribution in [3.63, 3.8) is 0 Å². The molecule has 0 bridgehead atoms. The zero-order valence-electron chi connectivity index (χ0n) is 19.6. The van der Waals surface area contributed by atoms with Crippen LogP contribution in [0, 0.1) is 12.8 Å². The monoisotopic (exact) mass is 504 g/mol. The van der Waals surface area contributed by atoms with E-state index in [1.165, 1.54) is 22.8 Å². The molecule has 4 rings (SSSR count). The van der Waals surface area contributed by atoms with E-state index in [4.69, 9.17) is 9.26 Å². The number of carbonyl (C=O) groups excluding carboxylic acids is 1. The normalized spacial score (nSPS) is 17.1. The standard InChI is InChI=1S/C23H28N4O5S2/c1-14(2)23-25-21(26-32-23)19-12-20(15(3)33-19)34(29,30)27-11-7-8-16(13-27)22(28)24-17-9-5-6-10-18(17)31-4/h5-6,9-10,12,14,16H,7-8,11,13H2,1-4H3,(H,24,28)/t16-/m1/s1. The number of thiophene rings is 1. The molecule has 1 aromatic carbocycles. The summed E-state index contributed by atoms with van der Waals surface area (Å²) in [5.74, 6) is 0.839. The van der Waals surface area contributed by atoms with E-state index < -0.39 is 15.9 Å². The van der Waals surface area contributed by atoms with E-state index in [1.54, 1.807) is 31.2 Å². The van der Waals surface area contributed by atoms with E-state index in [9.17, 15) is 13.2 Å². The summed E-state index contributed by atoms with van der Waals surface area (Å²) in [5.41, 5.74) is 0.564. The maximum atomic E-state index is 13.5. The number of hydrogen-bond acceptors (Lipinski definition) is 8. The number of amides is 1. The number of ether oxygens (including phenoxy) is 1. The average Bonchev–Trinajstić information content (AvgIpc) is 3.47. The number of aromatic nitrogens is 2. The van der Waals surface area contributed by atoms with Crippen LogP contribution in [0.1, 0.15) is 43.4 Å². The third-order valence-electron chi connectivity index (χ3n) is 5.77. The number of carbonyl (C=O) groups is 1. The smallest absolute Gasteiger partial charge is 0.244 e. The first-order chi connectivity index (χ1) is 16.2. The van der Waals surface area contributed by atoms with Crippen molar-refractivity contribution in [1.29, 1.82) is 0 Å². The van der Waals surface area contributed by atoms with Crippen LogP contribution in [0.25, 0.3) is 10.7 Å². The molecule has 182 valence electrons. The van der Waals surface area contributed by atoms with Gasteiger partial charge in [0.2, 0.25) is 27.6 Å². The molecule has 1 aliphatic rings. The van der Waals surface area contributed by atoms with Crippen molar-refractivity contribution in [3.05, 3.63) is 41.1 Å². The molecule has 0 aliphatic carbocycles. The molecule has 0 radical (unpaired) electrons. The molecule has 0 saturated carbocycles. The van der Waals surface area contributed by atoms with Gasteiger partial charge in [0, 0.05) is 23.9 Å². The van der Waals surface area contributed by atoms with Gasteiger partial charge >= 0.3 is 0 Å². The molecule has 0 unspecified atom stereocenters. The Morgan fingerprint density at radius 1 is 1.32 bits per heavy atom. The topological polar surface area (TPSA) is 115 Å². The largest absolute Gasteiger partial charge is 0.495 e. The second kappa shape index (κ2) is 9.85. The van der Waals surface area contributed by atoms with Gasteiger partial charge in [0.25, 0.3) is 0 Å². The highest BCUT2D eigenvalue weighted by molar-refractivity contribution is 7.89. The van der Waals surface area contributed by atoms with E-state index in [1.807, 2.05) is 19.9 Å². The lowest BCUT2D eigenvalue weighted by molar-refractivity contribution is -0.120. The molecule has 1 atom stereocenters. The van der Waals surface area contributed by atoms with Crippen LogP contribution in [-0.2, 0) is 14.8 Å². The third-order valence-corrected chi connectivity index (χ3v) is 8.93. The van der Waals surface area contributed by atoms with Crippen molar-refractivity contribution in [2.75, 3.05) is 25.5 Å². The molecule has 1 N–H and O–H groups in total. The molecule has 1 aliphatic heterocycles. The molecule has 9 nitrogen and oxygen atoms in total. The van der Waals surface area contributed by atoms with E-state index in [2.05, 4.69) is 15.5 Å².